The second-order valence-electron chi connectivity index (χ2n) is 6.26. The number of carbonyl (C=O) groups is 1. The van der Waals surface area contributed by atoms with E-state index in [1.54, 1.807) is 21.0 Å². The Morgan fingerprint density at radius 3 is 2.24 bits per heavy atom. The Morgan fingerprint density at radius 1 is 1.29 bits per heavy atom. The molecule has 0 spiro atoms. The molecule has 0 aliphatic rings. The third-order valence-corrected chi connectivity index (χ3v) is 2.87. The Hall–Kier alpha value is -0.610. The molecule has 0 aliphatic carbocycles. The number of likely N-dealkylation sites (N-methyl/N-ethyl adjacent to an activating group) is 1. The van der Waals surface area contributed by atoms with Crippen LogP contribution < -0.4 is 0 Å². The van der Waals surface area contributed by atoms with Gasteiger partial charge >= 0.3 is 5.97 Å². The van der Waals surface area contributed by atoms with Crippen LogP contribution in [0.2, 0.25) is 0 Å². The molecule has 4 heteroatoms. The van der Waals surface area contributed by atoms with E-state index in [2.05, 4.69) is 18.7 Å². The summed E-state index contributed by atoms with van der Waals surface area (Å²) >= 11 is 0. The molecule has 1 N–H and O–H groups in total. The van der Waals surface area contributed by atoms with Gasteiger partial charge in [-0.3, -0.25) is 4.79 Å². The van der Waals surface area contributed by atoms with Crippen LogP contribution in [-0.2, 0) is 9.53 Å². The molecule has 0 aromatic heterocycles. The number of aliphatic carboxylic acids is 1. The van der Waals surface area contributed by atoms with Gasteiger partial charge < -0.3 is 14.7 Å². The van der Waals surface area contributed by atoms with Crippen molar-refractivity contribution in [1.82, 2.24) is 4.90 Å². The number of ether oxygens (including phenoxy) is 1. The molecule has 102 valence electrons. The largest absolute Gasteiger partial charge is 0.481 e. The molecule has 4 nitrogen and oxygen atoms in total. The fourth-order valence-electron chi connectivity index (χ4n) is 2.38. The Kier molecular flexibility index (Phi) is 6.13. The molecule has 0 aromatic rings. The van der Waals surface area contributed by atoms with Crippen molar-refractivity contribution < 1.29 is 14.6 Å². The van der Waals surface area contributed by atoms with Gasteiger partial charge in [0.15, 0.2) is 0 Å². The Balaban J connectivity index is 4.33. The zero-order valence-corrected chi connectivity index (χ0v) is 12.0. The van der Waals surface area contributed by atoms with Gasteiger partial charge in [0, 0.05) is 20.2 Å². The third-order valence-electron chi connectivity index (χ3n) is 2.87. The molecule has 0 heterocycles. The lowest BCUT2D eigenvalue weighted by Gasteiger charge is -2.35. The highest BCUT2D eigenvalue weighted by molar-refractivity contribution is 5.73. The molecule has 0 amide bonds. The van der Waals surface area contributed by atoms with Crippen molar-refractivity contribution in [3.05, 3.63) is 0 Å². The van der Waals surface area contributed by atoms with Crippen molar-refractivity contribution in [2.75, 3.05) is 33.9 Å². The Morgan fingerprint density at radius 2 is 1.82 bits per heavy atom. The average Bonchev–Trinajstić information content (AvgIpc) is 2.11. The van der Waals surface area contributed by atoms with E-state index in [1.807, 2.05) is 7.05 Å². The molecular weight excluding hydrogens is 218 g/mol. The summed E-state index contributed by atoms with van der Waals surface area (Å²) in [5, 5.41) is 9.15. The Labute approximate surface area is 105 Å². The number of nitrogens with zero attached hydrogens (tertiary/aromatic N) is 1. The molecular formula is C13H27NO3. The quantitative estimate of drug-likeness (QED) is 0.711. The molecule has 0 bridgehead atoms. The Bertz CT molecular complexity index is 249. The van der Waals surface area contributed by atoms with E-state index in [-0.39, 0.29) is 5.41 Å². The first kappa shape index (κ1) is 16.4. The predicted molar refractivity (Wildman–Crippen MR) is 69.2 cm³/mol. The summed E-state index contributed by atoms with van der Waals surface area (Å²) in [4.78, 5) is 13.3. The van der Waals surface area contributed by atoms with Crippen molar-refractivity contribution >= 4 is 5.97 Å². The lowest BCUT2D eigenvalue weighted by molar-refractivity contribution is -0.148. The van der Waals surface area contributed by atoms with Gasteiger partial charge in [-0.2, -0.15) is 0 Å². The van der Waals surface area contributed by atoms with Gasteiger partial charge in [0.2, 0.25) is 0 Å². The lowest BCUT2D eigenvalue weighted by Crippen LogP contribution is -2.38. The molecule has 0 unspecified atom stereocenters. The fourth-order valence-corrected chi connectivity index (χ4v) is 2.38. The first-order chi connectivity index (χ1) is 7.60. The van der Waals surface area contributed by atoms with E-state index >= 15 is 0 Å². The van der Waals surface area contributed by atoms with Crippen molar-refractivity contribution in [2.45, 2.75) is 34.1 Å². The van der Waals surface area contributed by atoms with Gasteiger partial charge in [0.25, 0.3) is 0 Å². The summed E-state index contributed by atoms with van der Waals surface area (Å²) in [6.45, 7) is 10.2. The number of hydrogen-bond donors (Lipinski definition) is 1. The molecule has 0 aliphatic heterocycles. The minimum atomic E-state index is -0.731. The molecule has 0 atom stereocenters. The van der Waals surface area contributed by atoms with Gasteiger partial charge in [-0.25, -0.2) is 0 Å². The summed E-state index contributed by atoms with van der Waals surface area (Å²) < 4.78 is 5.03. The standard InChI is InChI=1S/C13H27NO3/c1-12(2,9-13(3,4)11(15)16)10-14(5)7-8-17-6/h7-10H2,1-6H3,(H,15,16). The first-order valence-electron chi connectivity index (χ1n) is 6.01. The molecule has 0 aromatic carbocycles. The minimum absolute atomic E-state index is 0.0234. The minimum Gasteiger partial charge on any atom is -0.481 e. The van der Waals surface area contributed by atoms with Crippen molar-refractivity contribution in [3.8, 4) is 0 Å². The number of carboxylic acids is 1. The molecule has 0 saturated heterocycles. The molecule has 0 rings (SSSR count). The second-order valence-corrected chi connectivity index (χ2v) is 6.26. The summed E-state index contributed by atoms with van der Waals surface area (Å²) in [5.74, 6) is -0.731. The van der Waals surface area contributed by atoms with E-state index in [0.717, 1.165) is 13.1 Å². The fraction of sp³-hybridized carbons (Fsp3) is 0.923. The van der Waals surface area contributed by atoms with Gasteiger partial charge in [-0.05, 0) is 32.7 Å². The summed E-state index contributed by atoms with van der Waals surface area (Å²) in [6.07, 6.45) is 0.659. The summed E-state index contributed by atoms with van der Waals surface area (Å²) in [6, 6.07) is 0. The lowest BCUT2D eigenvalue weighted by atomic mass is 9.75. The van der Waals surface area contributed by atoms with Crippen LogP contribution in [0.4, 0.5) is 0 Å². The van der Waals surface area contributed by atoms with E-state index < -0.39 is 11.4 Å². The van der Waals surface area contributed by atoms with Crippen LogP contribution in [0.1, 0.15) is 34.1 Å². The molecule has 17 heavy (non-hydrogen) atoms. The molecule has 0 saturated carbocycles. The van der Waals surface area contributed by atoms with Crippen molar-refractivity contribution in [3.63, 3.8) is 0 Å². The topological polar surface area (TPSA) is 49.8 Å². The number of carboxylic acid groups (broad SMARTS) is 1. The molecule has 0 radical (unpaired) electrons. The van der Waals surface area contributed by atoms with Crippen LogP contribution in [0, 0.1) is 10.8 Å². The van der Waals surface area contributed by atoms with E-state index in [4.69, 9.17) is 9.84 Å². The zero-order valence-electron chi connectivity index (χ0n) is 12.0. The molecule has 0 fully saturated rings. The number of rotatable bonds is 8. The van der Waals surface area contributed by atoms with Gasteiger partial charge in [0.1, 0.15) is 0 Å². The maximum Gasteiger partial charge on any atom is 0.309 e. The van der Waals surface area contributed by atoms with Gasteiger partial charge in [-0.15, -0.1) is 0 Å². The van der Waals surface area contributed by atoms with Crippen molar-refractivity contribution in [1.29, 1.82) is 0 Å². The maximum atomic E-state index is 11.1. The second kappa shape index (κ2) is 6.36. The predicted octanol–water partition coefficient (Wildman–Crippen LogP) is 2.09. The average molecular weight is 245 g/mol. The highest BCUT2D eigenvalue weighted by Crippen LogP contribution is 2.34. The van der Waals surface area contributed by atoms with Crippen LogP contribution in [0.25, 0.3) is 0 Å². The van der Waals surface area contributed by atoms with Gasteiger partial charge in [-0.1, -0.05) is 13.8 Å². The summed E-state index contributed by atoms with van der Waals surface area (Å²) in [7, 11) is 3.72. The highest BCUT2D eigenvalue weighted by Gasteiger charge is 2.35. The SMILES string of the molecule is COCCN(C)CC(C)(C)CC(C)(C)C(=O)O. The van der Waals surface area contributed by atoms with Crippen LogP contribution in [-0.4, -0.2) is 49.8 Å². The number of hydrogen-bond acceptors (Lipinski definition) is 3. The first-order valence-corrected chi connectivity index (χ1v) is 6.01. The van der Waals surface area contributed by atoms with E-state index in [9.17, 15) is 4.79 Å². The smallest absolute Gasteiger partial charge is 0.309 e. The monoisotopic (exact) mass is 245 g/mol. The normalized spacial score (nSPS) is 13.1. The van der Waals surface area contributed by atoms with Crippen LogP contribution in [0.15, 0.2) is 0 Å². The van der Waals surface area contributed by atoms with Crippen LogP contribution in [0.5, 0.6) is 0 Å². The van der Waals surface area contributed by atoms with Crippen LogP contribution >= 0.6 is 0 Å². The summed E-state index contributed by atoms with van der Waals surface area (Å²) in [5.41, 5.74) is -0.698. The zero-order chi connectivity index (χ0) is 13.7. The third kappa shape index (κ3) is 6.64. The maximum absolute atomic E-state index is 11.1. The number of methoxy groups -OCH3 is 1. The van der Waals surface area contributed by atoms with Crippen LogP contribution in [0.3, 0.4) is 0 Å². The van der Waals surface area contributed by atoms with E-state index in [1.165, 1.54) is 0 Å². The van der Waals surface area contributed by atoms with Crippen molar-refractivity contribution in [2.24, 2.45) is 10.8 Å². The highest BCUT2D eigenvalue weighted by atomic mass is 16.5. The van der Waals surface area contributed by atoms with E-state index in [0.29, 0.717) is 13.0 Å². The van der Waals surface area contributed by atoms with Gasteiger partial charge in [0.05, 0.1) is 12.0 Å².